The highest BCUT2D eigenvalue weighted by Crippen LogP contribution is 2.43. The zero-order chi connectivity index (χ0) is 13.4. The van der Waals surface area contributed by atoms with Gasteiger partial charge in [0.05, 0.1) is 5.71 Å². The van der Waals surface area contributed by atoms with E-state index in [1.54, 1.807) is 0 Å². The van der Waals surface area contributed by atoms with Crippen LogP contribution >= 0.6 is 0 Å². The summed E-state index contributed by atoms with van der Waals surface area (Å²) in [5, 5.41) is 6.94. The van der Waals surface area contributed by atoms with Gasteiger partial charge in [-0.25, -0.2) is 5.43 Å². The molecule has 0 bridgehead atoms. The molecule has 19 heavy (non-hydrogen) atoms. The summed E-state index contributed by atoms with van der Waals surface area (Å²) in [4.78, 5) is 22.6. The molecule has 1 aromatic carbocycles. The van der Waals surface area contributed by atoms with E-state index in [-0.39, 0.29) is 23.7 Å². The first-order chi connectivity index (χ1) is 9.19. The minimum Gasteiger partial charge on any atom is -0.326 e. The van der Waals surface area contributed by atoms with Crippen molar-refractivity contribution in [2.45, 2.75) is 19.8 Å². The van der Waals surface area contributed by atoms with Crippen LogP contribution in [0.1, 0.15) is 25.3 Å². The molecule has 5 nitrogen and oxygen atoms in total. The Balaban J connectivity index is 1.76. The molecule has 98 valence electrons. The topological polar surface area (TPSA) is 70.6 Å². The summed E-state index contributed by atoms with van der Waals surface area (Å²) < 4.78 is 0. The molecule has 0 spiro atoms. The molecule has 1 fully saturated rings. The van der Waals surface area contributed by atoms with E-state index in [1.807, 2.05) is 31.2 Å². The Morgan fingerprint density at radius 1 is 1.37 bits per heavy atom. The number of nitrogens with zero attached hydrogens (tertiary/aromatic N) is 1. The van der Waals surface area contributed by atoms with E-state index in [9.17, 15) is 9.59 Å². The van der Waals surface area contributed by atoms with Gasteiger partial charge in [-0.3, -0.25) is 9.59 Å². The van der Waals surface area contributed by atoms with Gasteiger partial charge in [-0.05, 0) is 24.1 Å². The maximum atomic E-state index is 11.4. The normalized spacial score (nSPS) is 24.1. The Bertz CT molecular complexity index is 563. The predicted molar refractivity (Wildman–Crippen MR) is 71.6 cm³/mol. The van der Waals surface area contributed by atoms with Crippen LogP contribution in [-0.2, 0) is 9.59 Å². The molecule has 1 aliphatic carbocycles. The number of carbonyl (C=O) groups excluding carboxylic acids is 2. The fourth-order valence-corrected chi connectivity index (χ4v) is 2.32. The summed E-state index contributed by atoms with van der Waals surface area (Å²) in [6, 6.07) is 7.58. The van der Waals surface area contributed by atoms with Crippen LogP contribution in [0.5, 0.6) is 0 Å². The summed E-state index contributed by atoms with van der Waals surface area (Å²) in [6.07, 6.45) is 1.35. The molecule has 0 aromatic heterocycles. The average Bonchev–Trinajstić information content (AvgIpc) is 3.21. The average molecular weight is 257 g/mol. The van der Waals surface area contributed by atoms with E-state index in [2.05, 4.69) is 15.8 Å². The summed E-state index contributed by atoms with van der Waals surface area (Å²) in [6.45, 7) is 1.82. The quantitative estimate of drug-likeness (QED) is 0.861. The molecule has 1 saturated carbocycles. The molecule has 1 aliphatic heterocycles. The number of hydrazone groups is 1. The van der Waals surface area contributed by atoms with E-state index < -0.39 is 0 Å². The molecule has 0 saturated heterocycles. The number of carbonyl (C=O) groups is 2. The SMILES string of the molecule is CCC(=O)Nc1ccc(C2=NNC(=O)C3CC23)cc1. The molecule has 2 aliphatic rings. The number of hydrogen-bond donors (Lipinski definition) is 2. The lowest BCUT2D eigenvalue weighted by atomic mass is 10.0. The predicted octanol–water partition coefficient (Wildman–Crippen LogP) is 1.51. The Labute approximate surface area is 111 Å². The van der Waals surface area contributed by atoms with Crippen molar-refractivity contribution in [3.8, 4) is 0 Å². The summed E-state index contributed by atoms with van der Waals surface area (Å²) in [7, 11) is 0. The van der Waals surface area contributed by atoms with Crippen LogP contribution in [0.4, 0.5) is 5.69 Å². The van der Waals surface area contributed by atoms with Crippen LogP contribution in [-0.4, -0.2) is 17.5 Å². The van der Waals surface area contributed by atoms with Crippen molar-refractivity contribution in [1.29, 1.82) is 0 Å². The molecular weight excluding hydrogens is 242 g/mol. The van der Waals surface area contributed by atoms with E-state index in [4.69, 9.17) is 0 Å². The van der Waals surface area contributed by atoms with E-state index in [0.29, 0.717) is 6.42 Å². The monoisotopic (exact) mass is 257 g/mol. The minimum atomic E-state index is -0.00252. The third kappa shape index (κ3) is 2.23. The zero-order valence-electron chi connectivity index (χ0n) is 10.6. The third-order valence-corrected chi connectivity index (χ3v) is 3.55. The third-order valence-electron chi connectivity index (χ3n) is 3.55. The molecule has 3 rings (SSSR count). The van der Waals surface area contributed by atoms with Gasteiger partial charge in [0, 0.05) is 23.9 Å². The van der Waals surface area contributed by atoms with Crippen LogP contribution < -0.4 is 10.7 Å². The minimum absolute atomic E-state index is 0.00252. The second-order valence-electron chi connectivity index (χ2n) is 4.90. The fraction of sp³-hybridized carbons (Fsp3) is 0.357. The van der Waals surface area contributed by atoms with Crippen molar-refractivity contribution >= 4 is 23.2 Å². The first-order valence-electron chi connectivity index (χ1n) is 6.46. The molecule has 5 heteroatoms. The van der Waals surface area contributed by atoms with Gasteiger partial charge in [0.15, 0.2) is 0 Å². The highest BCUT2D eigenvalue weighted by Gasteiger charge is 2.49. The van der Waals surface area contributed by atoms with Crippen LogP contribution in [0.15, 0.2) is 29.4 Å². The maximum Gasteiger partial charge on any atom is 0.243 e. The first kappa shape index (κ1) is 11.9. The van der Waals surface area contributed by atoms with Crippen molar-refractivity contribution < 1.29 is 9.59 Å². The Kier molecular flexibility index (Phi) is 2.81. The largest absolute Gasteiger partial charge is 0.326 e. The number of nitrogens with one attached hydrogen (secondary N) is 2. The van der Waals surface area contributed by atoms with E-state index in [1.165, 1.54) is 0 Å². The second kappa shape index (κ2) is 4.50. The Morgan fingerprint density at radius 2 is 2.11 bits per heavy atom. The smallest absolute Gasteiger partial charge is 0.243 e. The number of anilines is 1. The number of rotatable bonds is 3. The molecule has 0 radical (unpaired) electrons. The zero-order valence-corrected chi connectivity index (χ0v) is 10.6. The van der Waals surface area contributed by atoms with E-state index in [0.717, 1.165) is 23.4 Å². The summed E-state index contributed by atoms with van der Waals surface area (Å²) in [5.41, 5.74) is 5.28. The Hall–Kier alpha value is -2.17. The molecular formula is C14H15N3O2. The van der Waals surface area contributed by atoms with Crippen molar-refractivity contribution in [2.24, 2.45) is 16.9 Å². The van der Waals surface area contributed by atoms with Crippen molar-refractivity contribution in [2.75, 3.05) is 5.32 Å². The van der Waals surface area contributed by atoms with Crippen LogP contribution in [0.25, 0.3) is 0 Å². The lowest BCUT2D eigenvalue weighted by molar-refractivity contribution is -0.122. The standard InChI is InChI=1S/C14H15N3O2/c1-2-12(18)15-9-5-3-8(4-6-9)13-10-7-11(10)14(19)17-16-13/h3-6,10-11H,2,7H2,1H3,(H,15,18)(H,17,19). The highest BCUT2D eigenvalue weighted by atomic mass is 16.2. The molecule has 2 atom stereocenters. The van der Waals surface area contributed by atoms with Gasteiger partial charge in [-0.1, -0.05) is 19.1 Å². The molecule has 2 unspecified atom stereocenters. The summed E-state index contributed by atoms with van der Waals surface area (Å²) >= 11 is 0. The highest BCUT2D eigenvalue weighted by molar-refractivity contribution is 6.09. The van der Waals surface area contributed by atoms with Gasteiger partial charge in [0.2, 0.25) is 11.8 Å². The van der Waals surface area contributed by atoms with Crippen molar-refractivity contribution in [3.05, 3.63) is 29.8 Å². The van der Waals surface area contributed by atoms with Crippen LogP contribution in [0, 0.1) is 11.8 Å². The van der Waals surface area contributed by atoms with Gasteiger partial charge in [-0.15, -0.1) is 0 Å². The van der Waals surface area contributed by atoms with Gasteiger partial charge in [0.1, 0.15) is 0 Å². The van der Waals surface area contributed by atoms with Gasteiger partial charge < -0.3 is 5.32 Å². The van der Waals surface area contributed by atoms with E-state index >= 15 is 0 Å². The van der Waals surface area contributed by atoms with Gasteiger partial charge in [0.25, 0.3) is 0 Å². The lowest BCUT2D eigenvalue weighted by Gasteiger charge is -2.12. The number of hydrogen-bond acceptors (Lipinski definition) is 3. The number of amides is 2. The van der Waals surface area contributed by atoms with Crippen LogP contribution in [0.3, 0.4) is 0 Å². The van der Waals surface area contributed by atoms with Crippen LogP contribution in [0.2, 0.25) is 0 Å². The lowest BCUT2D eigenvalue weighted by Crippen LogP contribution is -2.28. The fourth-order valence-electron chi connectivity index (χ4n) is 2.32. The molecule has 1 heterocycles. The van der Waals surface area contributed by atoms with Gasteiger partial charge in [-0.2, -0.15) is 5.10 Å². The molecule has 2 amide bonds. The summed E-state index contributed by atoms with van der Waals surface area (Å²) in [5.74, 6) is 0.398. The van der Waals surface area contributed by atoms with Gasteiger partial charge >= 0.3 is 0 Å². The number of benzene rings is 1. The van der Waals surface area contributed by atoms with Crippen molar-refractivity contribution in [1.82, 2.24) is 5.43 Å². The van der Waals surface area contributed by atoms with Crippen molar-refractivity contribution in [3.63, 3.8) is 0 Å². The second-order valence-corrected chi connectivity index (χ2v) is 4.90. The molecule has 1 aromatic rings. The molecule has 2 N–H and O–H groups in total. The maximum absolute atomic E-state index is 11.4. The Morgan fingerprint density at radius 3 is 2.79 bits per heavy atom. The first-order valence-corrected chi connectivity index (χ1v) is 6.46. The number of fused-ring (bicyclic) bond motifs is 1.